The maximum absolute atomic E-state index is 14.1. The fraction of sp³-hybridized carbons (Fsp3) is 0.143. The van der Waals surface area contributed by atoms with Crippen LogP contribution in [-0.2, 0) is 9.59 Å². The lowest BCUT2D eigenvalue weighted by Crippen LogP contribution is -2.36. The quantitative estimate of drug-likeness (QED) is 0.448. The van der Waals surface area contributed by atoms with E-state index in [0.717, 1.165) is 0 Å². The van der Waals surface area contributed by atoms with E-state index in [-0.39, 0.29) is 29.4 Å². The summed E-state index contributed by atoms with van der Waals surface area (Å²) in [4.78, 5) is 44.6. The summed E-state index contributed by atoms with van der Waals surface area (Å²) in [6.07, 6.45) is -0.285. The Morgan fingerprint density at radius 3 is 2.62 bits per heavy atom. The summed E-state index contributed by atoms with van der Waals surface area (Å²) in [7, 11) is 0. The van der Waals surface area contributed by atoms with Gasteiger partial charge in [0.15, 0.2) is 0 Å². The van der Waals surface area contributed by atoms with E-state index >= 15 is 0 Å². The zero-order valence-electron chi connectivity index (χ0n) is 16.6. The molecule has 4 rings (SSSR count). The second-order valence-corrected chi connectivity index (χ2v) is 8.05. The minimum absolute atomic E-state index is 0.00362. The molecule has 0 aliphatic carbocycles. The molecule has 8 nitrogen and oxygen atoms in total. The largest absolute Gasteiger partial charge is 0.324 e. The van der Waals surface area contributed by atoms with Crippen LogP contribution >= 0.6 is 23.2 Å². The van der Waals surface area contributed by atoms with Gasteiger partial charge in [0.1, 0.15) is 11.6 Å². The third-order valence-electron chi connectivity index (χ3n) is 4.83. The molecule has 0 saturated carbocycles. The molecule has 2 heterocycles. The number of H-pyrrole nitrogens is 1. The van der Waals surface area contributed by atoms with Gasteiger partial charge >= 0.3 is 0 Å². The minimum atomic E-state index is -1.15. The van der Waals surface area contributed by atoms with Gasteiger partial charge < -0.3 is 16.0 Å². The molecule has 11 heteroatoms. The average molecular weight is 476 g/mol. The van der Waals surface area contributed by atoms with Crippen molar-refractivity contribution in [1.29, 1.82) is 0 Å². The maximum atomic E-state index is 14.1. The molecule has 4 N–H and O–H groups in total. The van der Waals surface area contributed by atoms with Crippen molar-refractivity contribution >= 4 is 58.2 Å². The summed E-state index contributed by atoms with van der Waals surface area (Å²) in [5.74, 6) is -3.03. The van der Waals surface area contributed by atoms with Crippen molar-refractivity contribution in [2.45, 2.75) is 19.3 Å². The number of nitrogens with zero attached hydrogens (tertiary/aromatic N) is 1. The van der Waals surface area contributed by atoms with Crippen molar-refractivity contribution < 1.29 is 14.0 Å². The summed E-state index contributed by atoms with van der Waals surface area (Å²) in [5, 5.41) is 8.51. The van der Waals surface area contributed by atoms with Crippen LogP contribution in [0.2, 0.25) is 10.0 Å². The van der Waals surface area contributed by atoms with Gasteiger partial charge in [-0.1, -0.05) is 29.3 Å². The molecule has 2 amide bonds. The summed E-state index contributed by atoms with van der Waals surface area (Å²) in [6, 6.07) is 9.01. The highest BCUT2D eigenvalue weighted by Crippen LogP contribution is 2.32. The predicted molar refractivity (Wildman–Crippen MR) is 120 cm³/mol. The number of carbonyl (C=O) groups is 2. The highest BCUT2D eigenvalue weighted by Gasteiger charge is 2.35. The van der Waals surface area contributed by atoms with E-state index in [1.165, 1.54) is 18.2 Å². The Labute approximate surface area is 191 Å². The van der Waals surface area contributed by atoms with Crippen LogP contribution in [0.15, 0.2) is 41.2 Å². The van der Waals surface area contributed by atoms with Crippen molar-refractivity contribution in [1.82, 2.24) is 9.97 Å². The highest BCUT2D eigenvalue weighted by atomic mass is 35.5. The Bertz CT molecular complexity index is 1310. The average Bonchev–Trinajstić information content (AvgIpc) is 2.71. The third-order valence-corrected chi connectivity index (χ3v) is 5.38. The van der Waals surface area contributed by atoms with E-state index in [0.29, 0.717) is 21.3 Å². The molecular formula is C21H16Cl2FN5O3. The van der Waals surface area contributed by atoms with Gasteiger partial charge in [-0.2, -0.15) is 4.98 Å². The number of hydrogen-bond acceptors (Lipinski definition) is 5. The lowest BCUT2D eigenvalue weighted by Gasteiger charge is -2.24. The minimum Gasteiger partial charge on any atom is -0.324 e. The summed E-state index contributed by atoms with van der Waals surface area (Å²) < 4.78 is 14.1. The lowest BCUT2D eigenvalue weighted by molar-refractivity contribution is -0.123. The number of benzene rings is 2. The number of anilines is 4. The number of hydrogen-bond donors (Lipinski definition) is 4. The molecule has 0 radical (unpaired) electrons. The highest BCUT2D eigenvalue weighted by molar-refractivity contribution is 6.36. The SMILES string of the molecule is Cc1ccc(NC(=O)C2CC(=O)Nc3nc(Nc4ccc(Cl)cc4Cl)[nH]c(=O)c32)c(F)c1. The molecule has 0 fully saturated rings. The summed E-state index contributed by atoms with van der Waals surface area (Å²) >= 11 is 12.0. The number of amides is 2. The molecular weight excluding hydrogens is 460 g/mol. The Hall–Kier alpha value is -3.43. The maximum Gasteiger partial charge on any atom is 0.258 e. The second-order valence-electron chi connectivity index (χ2n) is 7.20. The number of aromatic nitrogens is 2. The number of nitrogens with one attached hydrogen (secondary N) is 4. The first-order valence-corrected chi connectivity index (χ1v) is 10.2. The van der Waals surface area contributed by atoms with Crippen LogP contribution in [0, 0.1) is 12.7 Å². The first kappa shape index (κ1) is 21.8. The Balaban J connectivity index is 1.65. The number of carbonyl (C=O) groups excluding carboxylic acids is 2. The number of rotatable bonds is 4. The van der Waals surface area contributed by atoms with Crippen LogP contribution in [0.5, 0.6) is 0 Å². The predicted octanol–water partition coefficient (Wildman–Crippen LogP) is 4.33. The lowest BCUT2D eigenvalue weighted by atomic mass is 9.92. The van der Waals surface area contributed by atoms with Gasteiger partial charge in [-0.05, 0) is 42.8 Å². The summed E-state index contributed by atoms with van der Waals surface area (Å²) in [6.45, 7) is 1.71. The van der Waals surface area contributed by atoms with Crippen LogP contribution in [-0.4, -0.2) is 21.8 Å². The molecule has 0 bridgehead atoms. The van der Waals surface area contributed by atoms with E-state index in [2.05, 4.69) is 25.9 Å². The van der Waals surface area contributed by atoms with Crippen LogP contribution < -0.4 is 21.5 Å². The Kier molecular flexibility index (Phi) is 5.86. The third kappa shape index (κ3) is 4.44. The fourth-order valence-corrected chi connectivity index (χ4v) is 3.77. The molecule has 1 unspecified atom stereocenters. The van der Waals surface area contributed by atoms with Crippen LogP contribution in [0.1, 0.15) is 23.5 Å². The topological polar surface area (TPSA) is 116 Å². The van der Waals surface area contributed by atoms with Crippen LogP contribution in [0.25, 0.3) is 0 Å². The molecule has 1 aliphatic rings. The Morgan fingerprint density at radius 2 is 1.91 bits per heavy atom. The molecule has 3 aromatic rings. The zero-order valence-corrected chi connectivity index (χ0v) is 18.1. The fourth-order valence-electron chi connectivity index (χ4n) is 3.31. The number of aryl methyl sites for hydroxylation is 1. The van der Waals surface area contributed by atoms with Crippen molar-refractivity contribution in [3.63, 3.8) is 0 Å². The van der Waals surface area contributed by atoms with Crippen molar-refractivity contribution in [3.05, 3.63) is 73.7 Å². The standard InChI is InChI=1S/C21H16Cl2FN5O3/c1-9-2-4-15(13(24)6-9)25-19(31)11-8-16(30)27-18-17(11)20(32)29-21(28-18)26-14-5-3-10(22)7-12(14)23/h2-7,11H,8H2,1H3,(H,25,31)(H3,26,27,28,29,30,32). The van der Waals surface area contributed by atoms with Gasteiger partial charge in [-0.15, -0.1) is 0 Å². The number of halogens is 3. The molecule has 32 heavy (non-hydrogen) atoms. The monoisotopic (exact) mass is 475 g/mol. The zero-order chi connectivity index (χ0) is 23.0. The van der Waals surface area contributed by atoms with Crippen molar-refractivity contribution in [2.75, 3.05) is 16.0 Å². The van der Waals surface area contributed by atoms with Crippen molar-refractivity contribution in [3.8, 4) is 0 Å². The van der Waals surface area contributed by atoms with Gasteiger partial charge in [0.2, 0.25) is 17.8 Å². The van der Waals surface area contributed by atoms with Gasteiger partial charge in [-0.3, -0.25) is 19.4 Å². The smallest absolute Gasteiger partial charge is 0.258 e. The molecule has 1 atom stereocenters. The van der Waals surface area contributed by atoms with Crippen LogP contribution in [0.4, 0.5) is 27.5 Å². The molecule has 1 aliphatic heterocycles. The molecule has 164 valence electrons. The second kappa shape index (κ2) is 8.60. The number of aromatic amines is 1. The Morgan fingerprint density at radius 1 is 1.16 bits per heavy atom. The van der Waals surface area contributed by atoms with E-state index in [4.69, 9.17) is 23.2 Å². The first-order chi connectivity index (χ1) is 15.2. The van der Waals surface area contributed by atoms with E-state index < -0.39 is 29.1 Å². The van der Waals surface area contributed by atoms with Gasteiger partial charge in [0, 0.05) is 11.4 Å². The van der Waals surface area contributed by atoms with Crippen molar-refractivity contribution in [2.24, 2.45) is 0 Å². The van der Waals surface area contributed by atoms with Crippen LogP contribution in [0.3, 0.4) is 0 Å². The van der Waals surface area contributed by atoms with E-state index in [9.17, 15) is 18.8 Å². The van der Waals surface area contributed by atoms with Gasteiger partial charge in [0.05, 0.1) is 27.9 Å². The summed E-state index contributed by atoms with van der Waals surface area (Å²) in [5.41, 5.74) is 0.400. The normalized spacial score (nSPS) is 15.0. The van der Waals surface area contributed by atoms with Gasteiger partial charge in [0.25, 0.3) is 5.56 Å². The number of fused-ring (bicyclic) bond motifs is 1. The van der Waals surface area contributed by atoms with E-state index in [1.807, 2.05) is 0 Å². The molecule has 0 spiro atoms. The molecule has 1 aromatic heterocycles. The van der Waals surface area contributed by atoms with E-state index in [1.54, 1.807) is 25.1 Å². The first-order valence-electron chi connectivity index (χ1n) is 9.44. The van der Waals surface area contributed by atoms with Gasteiger partial charge in [-0.25, -0.2) is 4.39 Å². The molecule has 2 aromatic carbocycles. The molecule has 0 saturated heterocycles.